The molecule has 0 aliphatic carbocycles. The van der Waals surface area contributed by atoms with Crippen molar-refractivity contribution in [2.45, 2.75) is 30.7 Å². The molecule has 216 valence electrons. The van der Waals surface area contributed by atoms with Gasteiger partial charge in [-0.15, -0.1) is 0 Å². The Labute approximate surface area is 264 Å². The van der Waals surface area contributed by atoms with Gasteiger partial charge in [-0.05, 0) is 106 Å². The third kappa shape index (κ3) is 11.7. The van der Waals surface area contributed by atoms with Crippen LogP contribution in [0.15, 0.2) is 162 Å². The molecule has 0 amide bonds. The molecule has 0 N–H and O–H groups in total. The first-order valence-corrected chi connectivity index (χ1v) is 15.1. The van der Waals surface area contributed by atoms with E-state index in [9.17, 15) is 0 Å². The summed E-state index contributed by atoms with van der Waals surface area (Å²) in [6.45, 7) is 6.20. The molecule has 1 aromatic heterocycles. The van der Waals surface area contributed by atoms with Crippen molar-refractivity contribution in [3.63, 3.8) is 0 Å². The van der Waals surface area contributed by atoms with Gasteiger partial charge in [0.1, 0.15) is 28.0 Å². The monoisotopic (exact) mass is 603 g/mol. The van der Waals surface area contributed by atoms with Crippen molar-refractivity contribution in [3.8, 4) is 23.0 Å². The largest absolute Gasteiger partial charge is 0.457 e. The predicted molar refractivity (Wildman–Crippen MR) is 180 cm³/mol. The van der Waals surface area contributed by atoms with Crippen molar-refractivity contribution < 1.29 is 9.47 Å². The topological polar surface area (TPSA) is 31.4 Å². The van der Waals surface area contributed by atoms with E-state index in [2.05, 4.69) is 43.1 Å². The maximum atomic E-state index is 5.78. The van der Waals surface area contributed by atoms with Crippen LogP contribution in [0.2, 0.25) is 5.02 Å². The maximum absolute atomic E-state index is 5.78. The number of halogens is 1. The van der Waals surface area contributed by atoms with Crippen LogP contribution in [0.4, 0.5) is 0 Å². The van der Waals surface area contributed by atoms with Gasteiger partial charge in [-0.1, -0.05) is 101 Å². The van der Waals surface area contributed by atoms with E-state index in [1.807, 2.05) is 134 Å². The summed E-state index contributed by atoms with van der Waals surface area (Å²) in [6.07, 6.45) is 1.82. The summed E-state index contributed by atoms with van der Waals surface area (Å²) in [4.78, 5) is 5.49. The van der Waals surface area contributed by atoms with E-state index in [4.69, 9.17) is 21.1 Å². The van der Waals surface area contributed by atoms with Crippen LogP contribution in [0.5, 0.6) is 23.0 Å². The number of benzene rings is 5. The zero-order valence-corrected chi connectivity index (χ0v) is 26.1. The smallest absolute Gasteiger partial charge is 0.127 e. The molecule has 0 unspecified atom stereocenters. The second kappa shape index (κ2) is 16.8. The molecule has 0 aliphatic heterocycles. The molecular formula is C38H34ClNO2S. The summed E-state index contributed by atoms with van der Waals surface area (Å²) in [5, 5.41) is 1.75. The van der Waals surface area contributed by atoms with Crippen LogP contribution in [0, 0.1) is 20.8 Å². The third-order valence-corrected chi connectivity index (χ3v) is 7.16. The van der Waals surface area contributed by atoms with Crippen LogP contribution in [-0.4, -0.2) is 4.98 Å². The third-order valence-electron chi connectivity index (χ3n) is 5.95. The second-order valence-electron chi connectivity index (χ2n) is 9.68. The van der Waals surface area contributed by atoms with Crippen LogP contribution in [-0.2, 0) is 0 Å². The molecule has 0 atom stereocenters. The lowest BCUT2D eigenvalue weighted by Crippen LogP contribution is -1.83. The fourth-order valence-electron chi connectivity index (χ4n) is 3.61. The summed E-state index contributed by atoms with van der Waals surface area (Å²) < 4.78 is 11.3. The summed E-state index contributed by atoms with van der Waals surface area (Å²) in [5.41, 5.74) is 3.75. The van der Waals surface area contributed by atoms with Crippen molar-refractivity contribution in [1.29, 1.82) is 0 Å². The Morgan fingerprint density at radius 1 is 0.465 bits per heavy atom. The Morgan fingerprint density at radius 2 is 0.884 bits per heavy atom. The van der Waals surface area contributed by atoms with Gasteiger partial charge in [0.25, 0.3) is 0 Å². The van der Waals surface area contributed by atoms with Crippen molar-refractivity contribution in [2.24, 2.45) is 0 Å². The number of hydrogen-bond donors (Lipinski definition) is 0. The highest BCUT2D eigenvalue weighted by molar-refractivity contribution is 7.99. The highest BCUT2D eigenvalue weighted by Gasteiger charge is 1.98. The van der Waals surface area contributed by atoms with Crippen molar-refractivity contribution in [3.05, 3.63) is 174 Å². The summed E-state index contributed by atoms with van der Waals surface area (Å²) in [6, 6.07) is 47.5. The van der Waals surface area contributed by atoms with Crippen molar-refractivity contribution in [2.75, 3.05) is 0 Å². The zero-order chi connectivity index (χ0) is 30.3. The lowest BCUT2D eigenvalue weighted by molar-refractivity contribution is 0.482. The molecule has 0 spiro atoms. The summed E-state index contributed by atoms with van der Waals surface area (Å²) in [5.74, 6) is 3.38. The molecule has 6 aromatic rings. The first kappa shape index (κ1) is 31.4. The van der Waals surface area contributed by atoms with Crippen LogP contribution in [0.25, 0.3) is 0 Å². The first-order chi connectivity index (χ1) is 20.9. The maximum Gasteiger partial charge on any atom is 0.127 e. The molecule has 0 saturated carbocycles. The first-order valence-electron chi connectivity index (χ1n) is 13.9. The number of aryl methyl sites for hydroxylation is 3. The van der Waals surface area contributed by atoms with Crippen molar-refractivity contribution in [1.82, 2.24) is 4.98 Å². The molecule has 3 nitrogen and oxygen atoms in total. The molecule has 0 saturated heterocycles. The van der Waals surface area contributed by atoms with E-state index >= 15 is 0 Å². The number of para-hydroxylation sites is 1. The normalized spacial score (nSPS) is 9.95. The van der Waals surface area contributed by atoms with Crippen LogP contribution in [0.1, 0.15) is 16.7 Å². The van der Waals surface area contributed by atoms with E-state index in [1.54, 1.807) is 11.8 Å². The molecule has 0 aliphatic rings. The van der Waals surface area contributed by atoms with Gasteiger partial charge in [0.05, 0.1) is 0 Å². The second-order valence-corrected chi connectivity index (χ2v) is 11.2. The van der Waals surface area contributed by atoms with Gasteiger partial charge in [-0.2, -0.15) is 0 Å². The van der Waals surface area contributed by atoms with E-state index in [0.717, 1.165) is 28.0 Å². The summed E-state index contributed by atoms with van der Waals surface area (Å²) >= 11 is 7.47. The summed E-state index contributed by atoms with van der Waals surface area (Å²) in [7, 11) is 0. The Balaban J connectivity index is 0.000000148. The zero-order valence-electron chi connectivity index (χ0n) is 24.5. The number of pyridine rings is 1. The Hall–Kier alpha value is -4.51. The predicted octanol–water partition coefficient (Wildman–Crippen LogP) is 11.8. The minimum Gasteiger partial charge on any atom is -0.457 e. The number of ether oxygens (including phenoxy) is 2. The molecule has 1 heterocycles. The quantitative estimate of drug-likeness (QED) is 0.189. The average molecular weight is 604 g/mol. The Bertz CT molecular complexity index is 1500. The highest BCUT2D eigenvalue weighted by Crippen LogP contribution is 2.26. The lowest BCUT2D eigenvalue weighted by atomic mass is 10.2. The van der Waals surface area contributed by atoms with Crippen LogP contribution < -0.4 is 9.47 Å². The van der Waals surface area contributed by atoms with Crippen LogP contribution >= 0.6 is 23.4 Å². The van der Waals surface area contributed by atoms with Crippen molar-refractivity contribution >= 4 is 23.4 Å². The number of hydrogen-bond acceptors (Lipinski definition) is 4. The van der Waals surface area contributed by atoms with Gasteiger partial charge >= 0.3 is 0 Å². The minimum absolute atomic E-state index is 0.714. The molecule has 0 bridgehead atoms. The Kier molecular flexibility index (Phi) is 12.3. The van der Waals surface area contributed by atoms with E-state index in [0.29, 0.717) is 5.02 Å². The molecule has 5 aromatic carbocycles. The van der Waals surface area contributed by atoms with E-state index in [-0.39, 0.29) is 0 Å². The molecule has 0 radical (unpaired) electrons. The number of aromatic nitrogens is 1. The Morgan fingerprint density at radius 3 is 1.35 bits per heavy atom. The molecule has 5 heteroatoms. The fourth-order valence-corrected chi connectivity index (χ4v) is 4.51. The SMILES string of the molecule is Cc1ccc(Oc2ccc(Cl)cc2)cc1.Cc1ccc(Oc2ccccc2)cc1.Cc1ccc(Sc2ccccn2)cc1. The molecule has 43 heavy (non-hydrogen) atoms. The van der Waals surface area contributed by atoms with Gasteiger partial charge in [-0.25, -0.2) is 4.98 Å². The van der Waals surface area contributed by atoms with Gasteiger partial charge < -0.3 is 9.47 Å². The van der Waals surface area contributed by atoms with Gasteiger partial charge in [-0.3, -0.25) is 0 Å². The minimum atomic E-state index is 0.714. The van der Waals surface area contributed by atoms with E-state index < -0.39 is 0 Å². The molecule has 6 rings (SSSR count). The van der Waals surface area contributed by atoms with E-state index in [1.165, 1.54) is 21.6 Å². The van der Waals surface area contributed by atoms with Gasteiger partial charge in [0.2, 0.25) is 0 Å². The average Bonchev–Trinajstić information content (AvgIpc) is 3.03. The highest BCUT2D eigenvalue weighted by atomic mass is 35.5. The fraction of sp³-hybridized carbons (Fsp3) is 0.0789. The van der Waals surface area contributed by atoms with Gasteiger partial charge in [0, 0.05) is 16.1 Å². The van der Waals surface area contributed by atoms with Gasteiger partial charge in [0.15, 0.2) is 0 Å². The molecular weight excluding hydrogens is 570 g/mol. The standard InChI is InChI=1S/C13H11ClO.C13H12O.C12H11NS/c1-10-2-6-12(7-3-10)15-13-8-4-11(14)5-9-13;1-11-7-9-13(10-8-11)14-12-5-3-2-4-6-12;1-10-5-7-11(8-6-10)14-12-4-2-3-9-13-12/h2-9H,1H3;2-10H,1H3;2-9H,1H3. The molecule has 0 fully saturated rings. The lowest BCUT2D eigenvalue weighted by Gasteiger charge is -2.05. The van der Waals surface area contributed by atoms with Crippen LogP contribution in [0.3, 0.4) is 0 Å². The number of nitrogens with zero attached hydrogens (tertiary/aromatic N) is 1. The number of rotatable bonds is 6.